The Balaban J connectivity index is 1.37. The summed E-state index contributed by atoms with van der Waals surface area (Å²) < 4.78 is 12.9. The van der Waals surface area contributed by atoms with Crippen molar-refractivity contribution in [3.8, 4) is 16.9 Å². The number of H-pyrrole nitrogens is 1. The molecule has 8 heteroatoms. The summed E-state index contributed by atoms with van der Waals surface area (Å²) in [5, 5.41) is 6.76. The summed E-state index contributed by atoms with van der Waals surface area (Å²) in [4.78, 5) is 22.1. The highest BCUT2D eigenvalue weighted by Crippen LogP contribution is 2.39. The van der Waals surface area contributed by atoms with Crippen molar-refractivity contribution >= 4 is 33.5 Å². The molecule has 5 aromatic rings. The first-order valence-corrected chi connectivity index (χ1v) is 12.5. The molecule has 1 saturated heterocycles. The van der Waals surface area contributed by atoms with Crippen molar-refractivity contribution in [3.05, 3.63) is 59.5 Å². The molecule has 6 rings (SSSR count). The Labute approximate surface area is 215 Å². The molecule has 2 aromatic carbocycles. The first kappa shape index (κ1) is 23.3. The highest BCUT2D eigenvalue weighted by atomic mass is 16.6. The minimum atomic E-state index is -0.481. The Morgan fingerprint density at radius 2 is 1.86 bits per heavy atom. The van der Waals surface area contributed by atoms with Gasteiger partial charge in [-0.1, -0.05) is 6.07 Å². The normalized spacial score (nSPS) is 14.5. The monoisotopic (exact) mass is 497 g/mol. The topological polar surface area (TPSA) is 84.8 Å². The van der Waals surface area contributed by atoms with E-state index in [2.05, 4.69) is 53.2 Å². The Bertz CT molecular complexity index is 1690. The van der Waals surface area contributed by atoms with Gasteiger partial charge in [-0.25, -0.2) is 14.3 Å². The van der Waals surface area contributed by atoms with Crippen molar-refractivity contribution in [2.24, 2.45) is 0 Å². The van der Waals surface area contributed by atoms with Gasteiger partial charge in [-0.3, -0.25) is 0 Å². The van der Waals surface area contributed by atoms with Gasteiger partial charge in [-0.15, -0.1) is 0 Å². The number of benzene rings is 2. The van der Waals surface area contributed by atoms with Crippen LogP contribution in [0.2, 0.25) is 0 Å². The smallest absolute Gasteiger partial charge is 0.410 e. The fourth-order valence-corrected chi connectivity index (χ4v) is 5.30. The van der Waals surface area contributed by atoms with Crippen molar-refractivity contribution in [2.45, 2.75) is 46.1 Å². The second-order valence-electron chi connectivity index (χ2n) is 10.9. The van der Waals surface area contributed by atoms with Gasteiger partial charge < -0.3 is 19.4 Å². The van der Waals surface area contributed by atoms with Crippen LogP contribution in [0.15, 0.2) is 42.9 Å². The largest absolute Gasteiger partial charge is 0.493 e. The molecule has 37 heavy (non-hydrogen) atoms. The standard InChI is InChI=1S/C29H31N5O3/c1-16-17(2)26-22-9-18(20-12-33(13-20)28(35)37-29(3,4)5)7-8-23(22)32-24(26)11-21(16)19-10-25(36-6)27-30-15-31-34(27)14-19/h7-11,14-15,20,32H,12-13H2,1-6H3. The summed E-state index contributed by atoms with van der Waals surface area (Å²) in [6, 6.07) is 10.8. The summed E-state index contributed by atoms with van der Waals surface area (Å²) in [7, 11) is 1.65. The molecule has 0 unspecified atom stereocenters. The highest BCUT2D eigenvalue weighted by molar-refractivity contribution is 6.11. The number of aryl methyl sites for hydroxylation is 1. The van der Waals surface area contributed by atoms with E-state index in [-0.39, 0.29) is 6.09 Å². The molecule has 1 fully saturated rings. The lowest BCUT2D eigenvalue weighted by Gasteiger charge is -2.40. The maximum absolute atomic E-state index is 12.4. The number of aromatic nitrogens is 4. The number of hydrogen-bond donors (Lipinski definition) is 1. The number of hydrogen-bond acceptors (Lipinski definition) is 5. The number of ether oxygens (including phenoxy) is 2. The number of fused-ring (bicyclic) bond motifs is 4. The highest BCUT2D eigenvalue weighted by Gasteiger charge is 2.34. The van der Waals surface area contributed by atoms with Crippen LogP contribution < -0.4 is 4.74 Å². The van der Waals surface area contributed by atoms with E-state index >= 15 is 0 Å². The number of nitrogens with one attached hydrogen (secondary N) is 1. The van der Waals surface area contributed by atoms with Gasteiger partial charge in [0.25, 0.3) is 0 Å². The SMILES string of the molecule is COc1cc(-c2cc3[nH]c4ccc(C5CN(C(=O)OC(C)(C)C)C5)cc4c3c(C)c2C)cn2ncnc12. The molecule has 190 valence electrons. The number of nitrogens with zero attached hydrogens (tertiary/aromatic N) is 4. The van der Waals surface area contributed by atoms with E-state index in [4.69, 9.17) is 9.47 Å². The predicted molar refractivity (Wildman–Crippen MR) is 144 cm³/mol. The third-order valence-corrected chi connectivity index (χ3v) is 7.36. The number of amides is 1. The molecule has 1 amide bonds. The molecule has 4 heterocycles. The number of carbonyl (C=O) groups is 1. The van der Waals surface area contributed by atoms with Crippen molar-refractivity contribution in [2.75, 3.05) is 20.2 Å². The van der Waals surface area contributed by atoms with Gasteiger partial charge >= 0.3 is 6.09 Å². The summed E-state index contributed by atoms with van der Waals surface area (Å²) in [6.07, 6.45) is 3.29. The Morgan fingerprint density at radius 1 is 1.08 bits per heavy atom. The number of pyridine rings is 1. The van der Waals surface area contributed by atoms with Crippen LogP contribution in [0, 0.1) is 13.8 Å². The van der Waals surface area contributed by atoms with E-state index in [1.165, 1.54) is 33.8 Å². The lowest BCUT2D eigenvalue weighted by molar-refractivity contribution is 0.00820. The number of carbonyl (C=O) groups excluding carboxylic acids is 1. The van der Waals surface area contributed by atoms with Crippen LogP contribution in [0.3, 0.4) is 0 Å². The van der Waals surface area contributed by atoms with Gasteiger partial charge in [-0.2, -0.15) is 5.10 Å². The molecule has 0 saturated carbocycles. The van der Waals surface area contributed by atoms with E-state index in [0.29, 0.717) is 30.4 Å². The van der Waals surface area contributed by atoms with Crippen LogP contribution in [0.1, 0.15) is 43.4 Å². The van der Waals surface area contributed by atoms with E-state index < -0.39 is 5.60 Å². The van der Waals surface area contributed by atoms with Crippen LogP contribution in [-0.4, -0.2) is 56.4 Å². The molecular weight excluding hydrogens is 466 g/mol. The summed E-state index contributed by atoms with van der Waals surface area (Å²) >= 11 is 0. The van der Waals surface area contributed by atoms with Crippen molar-refractivity contribution < 1.29 is 14.3 Å². The minimum absolute atomic E-state index is 0.239. The summed E-state index contributed by atoms with van der Waals surface area (Å²) in [6.45, 7) is 11.4. The molecule has 1 aliphatic heterocycles. The lowest BCUT2D eigenvalue weighted by Crippen LogP contribution is -2.50. The van der Waals surface area contributed by atoms with Crippen LogP contribution in [-0.2, 0) is 4.74 Å². The Morgan fingerprint density at radius 3 is 2.59 bits per heavy atom. The molecule has 1 aliphatic rings. The number of likely N-dealkylation sites (tertiary alicyclic amines) is 1. The maximum Gasteiger partial charge on any atom is 0.410 e. The molecule has 0 spiro atoms. The Hall–Kier alpha value is -4.07. The average Bonchev–Trinajstić information content (AvgIpc) is 3.42. The molecule has 1 N–H and O–H groups in total. The molecule has 0 atom stereocenters. The molecule has 0 radical (unpaired) electrons. The van der Waals surface area contributed by atoms with Crippen molar-refractivity contribution in [1.29, 1.82) is 0 Å². The van der Waals surface area contributed by atoms with Gasteiger partial charge in [0, 0.05) is 52.6 Å². The third kappa shape index (κ3) is 3.87. The fourth-order valence-electron chi connectivity index (χ4n) is 5.30. The second-order valence-corrected chi connectivity index (χ2v) is 10.9. The van der Waals surface area contributed by atoms with Gasteiger partial charge in [0.15, 0.2) is 11.4 Å². The summed E-state index contributed by atoms with van der Waals surface area (Å²) in [5.74, 6) is 0.999. The quantitative estimate of drug-likeness (QED) is 0.331. The van der Waals surface area contributed by atoms with Crippen molar-refractivity contribution in [1.82, 2.24) is 24.5 Å². The van der Waals surface area contributed by atoms with E-state index in [1.54, 1.807) is 16.5 Å². The van der Waals surface area contributed by atoms with Gasteiger partial charge in [0.2, 0.25) is 0 Å². The zero-order chi connectivity index (χ0) is 26.1. The van der Waals surface area contributed by atoms with Gasteiger partial charge in [-0.05, 0) is 81.1 Å². The first-order chi connectivity index (χ1) is 17.6. The molecule has 0 bridgehead atoms. The number of aromatic amines is 1. The zero-order valence-electron chi connectivity index (χ0n) is 22.0. The van der Waals surface area contributed by atoms with E-state index in [1.807, 2.05) is 33.0 Å². The van der Waals surface area contributed by atoms with Gasteiger partial charge in [0.05, 0.1) is 7.11 Å². The van der Waals surface area contributed by atoms with Gasteiger partial charge in [0.1, 0.15) is 11.9 Å². The number of methoxy groups -OCH3 is 1. The zero-order valence-corrected chi connectivity index (χ0v) is 22.0. The molecular formula is C29H31N5O3. The van der Waals surface area contributed by atoms with Crippen LogP contribution >= 0.6 is 0 Å². The molecule has 3 aromatic heterocycles. The van der Waals surface area contributed by atoms with Crippen LogP contribution in [0.25, 0.3) is 38.6 Å². The lowest BCUT2D eigenvalue weighted by atomic mass is 9.89. The van der Waals surface area contributed by atoms with E-state index in [0.717, 1.165) is 22.2 Å². The third-order valence-electron chi connectivity index (χ3n) is 7.36. The molecule has 8 nitrogen and oxygen atoms in total. The van der Waals surface area contributed by atoms with Crippen LogP contribution in [0.5, 0.6) is 5.75 Å². The predicted octanol–water partition coefficient (Wildman–Crippen LogP) is 5.99. The fraction of sp³-hybridized carbons (Fsp3) is 0.345. The van der Waals surface area contributed by atoms with Crippen LogP contribution in [0.4, 0.5) is 4.79 Å². The minimum Gasteiger partial charge on any atom is -0.493 e. The Kier molecular flexibility index (Phi) is 5.19. The number of rotatable bonds is 3. The summed E-state index contributed by atoms with van der Waals surface area (Å²) in [5.41, 5.74) is 8.24. The average molecular weight is 498 g/mol. The molecule has 0 aliphatic carbocycles. The first-order valence-electron chi connectivity index (χ1n) is 12.5. The maximum atomic E-state index is 12.4. The van der Waals surface area contributed by atoms with E-state index in [9.17, 15) is 4.79 Å². The second kappa shape index (κ2) is 8.23. The van der Waals surface area contributed by atoms with Crippen molar-refractivity contribution in [3.63, 3.8) is 0 Å².